The number of rotatable bonds is 6. The van der Waals surface area contributed by atoms with Gasteiger partial charge in [0.2, 0.25) is 5.91 Å². The number of hydrogen-bond donors (Lipinski definition) is 3. The summed E-state index contributed by atoms with van der Waals surface area (Å²) in [5.74, 6) is 2.55. The molecule has 4 fully saturated rings. The monoisotopic (exact) mass is 512 g/mol. The number of hydrogen-bond acceptors (Lipinski definition) is 4. The van der Waals surface area contributed by atoms with Crippen molar-refractivity contribution in [2.24, 2.45) is 51.4 Å². The number of benzene rings is 1. The van der Waals surface area contributed by atoms with Crippen molar-refractivity contribution in [2.75, 3.05) is 0 Å². The lowest BCUT2D eigenvalue weighted by atomic mass is 9.43. The SMILES string of the molecule is C[C@@H](CCC(=O)N/N=C\c1ccc(F)cc1)[C@H]1CC[C@H]2[C@@H]3[C@H](O)C[C@H]4C[C@@H](O)CC[C@]4(C)[C@H]3CC[C@]12C. The Labute approximate surface area is 221 Å². The minimum atomic E-state index is -0.295. The van der Waals surface area contributed by atoms with Crippen LogP contribution in [-0.2, 0) is 4.79 Å². The Morgan fingerprint density at radius 3 is 2.54 bits per heavy atom. The van der Waals surface area contributed by atoms with Crippen LogP contribution in [0, 0.1) is 52.2 Å². The molecule has 4 aliphatic rings. The maximum Gasteiger partial charge on any atom is 0.240 e. The second kappa shape index (κ2) is 10.4. The van der Waals surface area contributed by atoms with Crippen LogP contribution in [0.2, 0.25) is 0 Å². The normalized spacial score (nSPS) is 42.1. The standard InChI is InChI=1S/C31H45FN2O3/c1-19(4-11-28(37)34-33-18-20-5-7-22(32)8-6-20)24-9-10-25-29-26(13-15-31(24,25)3)30(2)14-12-23(35)16-21(30)17-27(29)36/h5-8,18-19,21,23-27,29,35-36H,4,9-17H2,1-3H3,(H,34,37)/b33-18-/t19-,21+,23-,24+,25-,26-,27+,29-,30-,31+/m0/s1. The third kappa shape index (κ3) is 5.01. The van der Waals surface area contributed by atoms with E-state index in [0.717, 1.165) is 37.7 Å². The van der Waals surface area contributed by atoms with E-state index in [-0.39, 0.29) is 34.8 Å². The molecule has 6 heteroatoms. The topological polar surface area (TPSA) is 81.9 Å². The number of carbonyl (C=O) groups excluding carboxylic acids is 1. The van der Waals surface area contributed by atoms with E-state index in [9.17, 15) is 19.4 Å². The third-order valence-corrected chi connectivity index (χ3v) is 11.5. The van der Waals surface area contributed by atoms with Gasteiger partial charge in [-0.2, -0.15) is 5.10 Å². The number of fused-ring (bicyclic) bond motifs is 5. The molecule has 37 heavy (non-hydrogen) atoms. The van der Waals surface area contributed by atoms with Gasteiger partial charge in [0.1, 0.15) is 5.82 Å². The molecule has 1 aromatic carbocycles. The van der Waals surface area contributed by atoms with E-state index in [1.54, 1.807) is 12.1 Å². The van der Waals surface area contributed by atoms with Crippen LogP contribution in [0.5, 0.6) is 0 Å². The van der Waals surface area contributed by atoms with Crippen LogP contribution >= 0.6 is 0 Å². The summed E-state index contributed by atoms with van der Waals surface area (Å²) in [6, 6.07) is 6.00. The first-order chi connectivity index (χ1) is 17.6. The van der Waals surface area contributed by atoms with Gasteiger partial charge in [-0.25, -0.2) is 9.82 Å². The number of aliphatic hydroxyl groups is 2. The zero-order chi connectivity index (χ0) is 26.4. The maximum atomic E-state index is 13.0. The summed E-state index contributed by atoms with van der Waals surface area (Å²) in [4.78, 5) is 12.5. The van der Waals surface area contributed by atoms with Crippen molar-refractivity contribution in [3.8, 4) is 0 Å². The largest absolute Gasteiger partial charge is 0.393 e. The summed E-state index contributed by atoms with van der Waals surface area (Å²) in [6.45, 7) is 7.24. The molecule has 10 atom stereocenters. The molecule has 1 aromatic rings. The molecule has 0 bridgehead atoms. The van der Waals surface area contributed by atoms with Gasteiger partial charge in [-0.15, -0.1) is 0 Å². The van der Waals surface area contributed by atoms with Gasteiger partial charge in [-0.1, -0.05) is 32.9 Å². The minimum absolute atomic E-state index is 0.0882. The van der Waals surface area contributed by atoms with Gasteiger partial charge in [0, 0.05) is 6.42 Å². The molecule has 3 N–H and O–H groups in total. The molecule has 4 saturated carbocycles. The average molecular weight is 513 g/mol. The Morgan fingerprint density at radius 1 is 1.08 bits per heavy atom. The van der Waals surface area contributed by atoms with E-state index in [1.165, 1.54) is 44.0 Å². The Bertz CT molecular complexity index is 999. The highest BCUT2D eigenvalue weighted by atomic mass is 19.1. The molecule has 1 amide bonds. The molecule has 0 saturated heterocycles. The van der Waals surface area contributed by atoms with Crippen LogP contribution in [0.3, 0.4) is 0 Å². The van der Waals surface area contributed by atoms with Crippen molar-refractivity contribution in [2.45, 2.75) is 97.2 Å². The maximum absolute atomic E-state index is 13.0. The summed E-state index contributed by atoms with van der Waals surface area (Å²) in [7, 11) is 0. The van der Waals surface area contributed by atoms with E-state index < -0.39 is 0 Å². The van der Waals surface area contributed by atoms with Crippen molar-refractivity contribution in [1.82, 2.24) is 5.43 Å². The fourth-order valence-corrected chi connectivity index (χ4v) is 9.52. The first-order valence-electron chi connectivity index (χ1n) is 14.6. The van der Waals surface area contributed by atoms with Gasteiger partial charge >= 0.3 is 0 Å². The number of nitrogens with one attached hydrogen (secondary N) is 1. The molecular formula is C31H45FN2O3. The molecule has 0 aromatic heterocycles. The summed E-state index contributed by atoms with van der Waals surface area (Å²) in [5.41, 5.74) is 3.83. The molecule has 4 aliphatic carbocycles. The van der Waals surface area contributed by atoms with Crippen molar-refractivity contribution in [3.63, 3.8) is 0 Å². The van der Waals surface area contributed by atoms with Gasteiger partial charge in [0.15, 0.2) is 0 Å². The Balaban J connectivity index is 1.19. The number of amides is 1. The van der Waals surface area contributed by atoms with Gasteiger partial charge in [0.05, 0.1) is 18.4 Å². The molecule has 5 rings (SSSR count). The Kier molecular flexibility index (Phi) is 7.54. The van der Waals surface area contributed by atoms with E-state index in [4.69, 9.17) is 0 Å². The highest BCUT2D eigenvalue weighted by molar-refractivity contribution is 5.82. The van der Waals surface area contributed by atoms with Gasteiger partial charge in [-0.05, 0) is 122 Å². The van der Waals surface area contributed by atoms with Crippen LogP contribution in [0.1, 0.15) is 90.5 Å². The van der Waals surface area contributed by atoms with E-state index in [1.807, 2.05) is 0 Å². The molecular weight excluding hydrogens is 467 g/mol. The lowest BCUT2D eigenvalue weighted by molar-refractivity contribution is -0.174. The van der Waals surface area contributed by atoms with Crippen molar-refractivity contribution < 1.29 is 19.4 Å². The molecule has 0 radical (unpaired) electrons. The summed E-state index contributed by atoms with van der Waals surface area (Å²) in [5, 5.41) is 25.8. The van der Waals surface area contributed by atoms with Gasteiger partial charge in [0.25, 0.3) is 0 Å². The zero-order valence-electron chi connectivity index (χ0n) is 22.7. The molecule has 0 heterocycles. The molecule has 0 spiro atoms. The summed E-state index contributed by atoms with van der Waals surface area (Å²) < 4.78 is 13.0. The number of nitrogens with zero attached hydrogens (tertiary/aromatic N) is 1. The van der Waals surface area contributed by atoms with Crippen molar-refractivity contribution >= 4 is 12.1 Å². The van der Waals surface area contributed by atoms with Crippen LogP contribution in [-0.4, -0.2) is 34.5 Å². The second-order valence-electron chi connectivity index (χ2n) is 13.3. The smallest absolute Gasteiger partial charge is 0.240 e. The van der Waals surface area contributed by atoms with Crippen molar-refractivity contribution in [3.05, 3.63) is 35.6 Å². The third-order valence-electron chi connectivity index (χ3n) is 11.5. The first kappa shape index (κ1) is 26.8. The Morgan fingerprint density at radius 2 is 1.78 bits per heavy atom. The highest BCUT2D eigenvalue weighted by Gasteiger charge is 2.62. The van der Waals surface area contributed by atoms with E-state index in [0.29, 0.717) is 41.9 Å². The Hall–Kier alpha value is -1.79. The lowest BCUT2D eigenvalue weighted by Gasteiger charge is -2.62. The number of aliphatic hydroxyl groups excluding tert-OH is 2. The fraction of sp³-hybridized carbons (Fsp3) is 0.742. The quantitative estimate of drug-likeness (QED) is 0.339. The van der Waals surface area contributed by atoms with E-state index >= 15 is 0 Å². The first-order valence-corrected chi connectivity index (χ1v) is 14.6. The number of halogens is 1. The number of carbonyl (C=O) groups is 1. The fourth-order valence-electron chi connectivity index (χ4n) is 9.52. The molecule has 0 aliphatic heterocycles. The number of hydrazone groups is 1. The van der Waals surface area contributed by atoms with Gasteiger partial charge in [-0.3, -0.25) is 4.79 Å². The van der Waals surface area contributed by atoms with Crippen LogP contribution in [0.4, 0.5) is 4.39 Å². The summed E-state index contributed by atoms with van der Waals surface area (Å²) >= 11 is 0. The molecule has 5 nitrogen and oxygen atoms in total. The van der Waals surface area contributed by atoms with E-state index in [2.05, 4.69) is 31.3 Å². The second-order valence-corrected chi connectivity index (χ2v) is 13.3. The lowest BCUT2D eigenvalue weighted by Crippen LogP contribution is -2.58. The zero-order valence-corrected chi connectivity index (χ0v) is 22.7. The minimum Gasteiger partial charge on any atom is -0.393 e. The summed E-state index contributed by atoms with van der Waals surface area (Å²) in [6.07, 6.45) is 10.8. The van der Waals surface area contributed by atoms with Crippen molar-refractivity contribution in [1.29, 1.82) is 0 Å². The average Bonchev–Trinajstić information content (AvgIpc) is 3.22. The molecule has 0 unspecified atom stereocenters. The predicted octanol–water partition coefficient (Wildman–Crippen LogP) is 5.68. The van der Waals surface area contributed by atoms with Crippen LogP contribution < -0.4 is 5.43 Å². The van der Waals surface area contributed by atoms with Crippen LogP contribution in [0.25, 0.3) is 0 Å². The molecule has 204 valence electrons. The highest BCUT2D eigenvalue weighted by Crippen LogP contribution is 2.68. The predicted molar refractivity (Wildman–Crippen MR) is 143 cm³/mol. The van der Waals surface area contributed by atoms with Crippen LogP contribution in [0.15, 0.2) is 29.4 Å². The van der Waals surface area contributed by atoms with Gasteiger partial charge < -0.3 is 10.2 Å².